The molecule has 0 saturated carbocycles. The first-order valence-electron chi connectivity index (χ1n) is 10.6. The molecule has 1 aliphatic rings. The van der Waals surface area contributed by atoms with Gasteiger partial charge in [0.25, 0.3) is 5.91 Å². The molecule has 0 aliphatic carbocycles. The van der Waals surface area contributed by atoms with Gasteiger partial charge in [-0.05, 0) is 30.0 Å². The average molecular weight is 434 g/mol. The smallest absolute Gasteiger partial charge is 0.325 e. The summed E-state index contributed by atoms with van der Waals surface area (Å²) in [7, 11) is 1.55. The van der Waals surface area contributed by atoms with Crippen LogP contribution in [0.25, 0.3) is 10.9 Å². The van der Waals surface area contributed by atoms with Gasteiger partial charge in [-0.3, -0.25) is 14.5 Å². The molecule has 4 amide bonds. The Kier molecular flexibility index (Phi) is 6.39. The highest BCUT2D eigenvalue weighted by atomic mass is 16.5. The fourth-order valence-electron chi connectivity index (χ4n) is 3.94. The number of amides is 4. The quantitative estimate of drug-likeness (QED) is 0.507. The fraction of sp³-hybridized carbons (Fsp3) is 0.292. The van der Waals surface area contributed by atoms with Gasteiger partial charge in [-0.25, -0.2) is 4.79 Å². The Morgan fingerprint density at radius 2 is 1.88 bits per heavy atom. The number of carbonyl (C=O) groups excluding carboxylic acids is 3. The number of para-hydroxylation sites is 2. The average Bonchev–Trinajstić information content (AvgIpc) is 3.34. The van der Waals surface area contributed by atoms with Crippen molar-refractivity contribution in [1.82, 2.24) is 20.1 Å². The van der Waals surface area contributed by atoms with E-state index in [1.807, 2.05) is 48.7 Å². The topological polar surface area (TPSA) is 92.7 Å². The lowest BCUT2D eigenvalue weighted by atomic mass is 10.1. The van der Waals surface area contributed by atoms with E-state index in [-0.39, 0.29) is 31.2 Å². The molecule has 1 aromatic heterocycles. The summed E-state index contributed by atoms with van der Waals surface area (Å²) in [5.41, 5.74) is 1.87. The SMILES string of the molecule is COc1ccccc1CN1C(=O)NC(CCC(=O)NCCn2ccc3ccccc32)C1=O. The van der Waals surface area contributed by atoms with E-state index in [0.717, 1.165) is 21.4 Å². The van der Waals surface area contributed by atoms with Gasteiger partial charge in [0, 0.05) is 36.8 Å². The van der Waals surface area contributed by atoms with Crippen molar-refractivity contribution < 1.29 is 19.1 Å². The fourth-order valence-corrected chi connectivity index (χ4v) is 3.94. The number of rotatable bonds is 9. The van der Waals surface area contributed by atoms with Crippen LogP contribution in [0.2, 0.25) is 0 Å². The summed E-state index contributed by atoms with van der Waals surface area (Å²) >= 11 is 0. The van der Waals surface area contributed by atoms with Crippen molar-refractivity contribution in [3.63, 3.8) is 0 Å². The highest BCUT2D eigenvalue weighted by Crippen LogP contribution is 2.22. The number of imide groups is 1. The second kappa shape index (κ2) is 9.55. The number of fused-ring (bicyclic) bond motifs is 1. The van der Waals surface area contributed by atoms with Gasteiger partial charge < -0.3 is 19.9 Å². The Labute approximate surface area is 186 Å². The Morgan fingerprint density at radius 1 is 1.09 bits per heavy atom. The van der Waals surface area contributed by atoms with Gasteiger partial charge in [0.15, 0.2) is 0 Å². The lowest BCUT2D eigenvalue weighted by Gasteiger charge is -2.15. The molecular formula is C24H26N4O4. The molecule has 0 radical (unpaired) electrons. The molecule has 4 rings (SSSR count). The molecule has 166 valence electrons. The molecule has 8 nitrogen and oxygen atoms in total. The number of hydrogen-bond acceptors (Lipinski definition) is 4. The first-order chi connectivity index (χ1) is 15.6. The van der Waals surface area contributed by atoms with E-state index in [4.69, 9.17) is 4.74 Å². The van der Waals surface area contributed by atoms with Crippen molar-refractivity contribution in [2.45, 2.75) is 32.0 Å². The second-order valence-electron chi connectivity index (χ2n) is 7.69. The van der Waals surface area contributed by atoms with Crippen LogP contribution in [0, 0.1) is 0 Å². The van der Waals surface area contributed by atoms with E-state index in [9.17, 15) is 14.4 Å². The lowest BCUT2D eigenvalue weighted by Crippen LogP contribution is -2.33. The molecule has 2 heterocycles. The molecule has 2 aromatic carbocycles. The summed E-state index contributed by atoms with van der Waals surface area (Å²) < 4.78 is 7.38. The zero-order valence-corrected chi connectivity index (χ0v) is 17.9. The molecular weight excluding hydrogens is 408 g/mol. The van der Waals surface area contributed by atoms with E-state index in [0.29, 0.717) is 18.8 Å². The van der Waals surface area contributed by atoms with Crippen LogP contribution < -0.4 is 15.4 Å². The molecule has 1 aliphatic heterocycles. The number of hydrogen-bond donors (Lipinski definition) is 2. The Morgan fingerprint density at radius 3 is 2.72 bits per heavy atom. The zero-order valence-electron chi connectivity index (χ0n) is 17.9. The van der Waals surface area contributed by atoms with Gasteiger partial charge in [0.1, 0.15) is 11.8 Å². The summed E-state index contributed by atoms with van der Waals surface area (Å²) in [6.07, 6.45) is 2.41. The predicted octanol–water partition coefficient (Wildman–Crippen LogP) is 2.67. The number of methoxy groups -OCH3 is 1. The van der Waals surface area contributed by atoms with Crippen LogP contribution in [0.4, 0.5) is 4.79 Å². The normalized spacial score (nSPS) is 15.8. The zero-order chi connectivity index (χ0) is 22.5. The van der Waals surface area contributed by atoms with E-state index in [1.165, 1.54) is 0 Å². The minimum atomic E-state index is -0.698. The summed E-state index contributed by atoms with van der Waals surface area (Å²) in [4.78, 5) is 38.4. The first-order valence-corrected chi connectivity index (χ1v) is 10.6. The van der Waals surface area contributed by atoms with Crippen LogP contribution in [-0.2, 0) is 22.7 Å². The van der Waals surface area contributed by atoms with Crippen molar-refractivity contribution in [2.75, 3.05) is 13.7 Å². The highest BCUT2D eigenvalue weighted by Gasteiger charge is 2.38. The van der Waals surface area contributed by atoms with Gasteiger partial charge in [-0.15, -0.1) is 0 Å². The largest absolute Gasteiger partial charge is 0.496 e. The number of urea groups is 1. The van der Waals surface area contributed by atoms with Gasteiger partial charge >= 0.3 is 6.03 Å². The molecule has 2 N–H and O–H groups in total. The first kappa shape index (κ1) is 21.4. The maximum Gasteiger partial charge on any atom is 0.325 e. The van der Waals surface area contributed by atoms with Gasteiger partial charge in [-0.2, -0.15) is 0 Å². The van der Waals surface area contributed by atoms with Gasteiger partial charge in [0.05, 0.1) is 13.7 Å². The van der Waals surface area contributed by atoms with Crippen molar-refractivity contribution in [3.05, 3.63) is 66.4 Å². The number of nitrogens with zero attached hydrogens (tertiary/aromatic N) is 2. The number of benzene rings is 2. The number of nitrogens with one attached hydrogen (secondary N) is 2. The minimum absolute atomic E-state index is 0.127. The van der Waals surface area contributed by atoms with Crippen molar-refractivity contribution in [2.24, 2.45) is 0 Å². The molecule has 1 fully saturated rings. The number of aromatic nitrogens is 1. The van der Waals surface area contributed by atoms with Crippen molar-refractivity contribution in [1.29, 1.82) is 0 Å². The molecule has 3 aromatic rings. The third kappa shape index (κ3) is 4.59. The monoisotopic (exact) mass is 434 g/mol. The molecule has 1 saturated heterocycles. The van der Waals surface area contributed by atoms with Crippen LogP contribution in [0.3, 0.4) is 0 Å². The Balaban J connectivity index is 1.25. The molecule has 0 spiro atoms. The standard InChI is InChI=1S/C24H26N4O4/c1-32-21-9-5-3-7-18(21)16-28-23(30)19(26-24(28)31)10-11-22(29)25-13-15-27-14-12-17-6-2-4-8-20(17)27/h2-9,12,14,19H,10-11,13,15-16H2,1H3,(H,25,29)(H,26,31). The Bertz CT molecular complexity index is 1140. The van der Waals surface area contributed by atoms with Crippen LogP contribution in [-0.4, -0.2) is 47.0 Å². The minimum Gasteiger partial charge on any atom is -0.496 e. The number of carbonyl (C=O) groups is 3. The van der Waals surface area contributed by atoms with Crippen molar-refractivity contribution in [3.8, 4) is 5.75 Å². The van der Waals surface area contributed by atoms with Crippen LogP contribution in [0.15, 0.2) is 60.8 Å². The summed E-state index contributed by atoms with van der Waals surface area (Å²) in [6, 6.07) is 16.2. The van der Waals surface area contributed by atoms with E-state index >= 15 is 0 Å². The van der Waals surface area contributed by atoms with Crippen molar-refractivity contribution >= 4 is 28.7 Å². The van der Waals surface area contributed by atoms with Crippen LogP contribution in [0.5, 0.6) is 5.75 Å². The highest BCUT2D eigenvalue weighted by molar-refractivity contribution is 6.04. The third-order valence-electron chi connectivity index (χ3n) is 5.64. The maximum atomic E-state index is 12.7. The lowest BCUT2D eigenvalue weighted by molar-refractivity contribution is -0.128. The van der Waals surface area contributed by atoms with Crippen LogP contribution >= 0.6 is 0 Å². The second-order valence-corrected chi connectivity index (χ2v) is 7.69. The summed E-state index contributed by atoms with van der Waals surface area (Å²) in [5, 5.41) is 6.73. The summed E-state index contributed by atoms with van der Waals surface area (Å²) in [6.45, 7) is 1.27. The van der Waals surface area contributed by atoms with E-state index in [2.05, 4.69) is 21.3 Å². The molecule has 32 heavy (non-hydrogen) atoms. The molecule has 1 atom stereocenters. The van der Waals surface area contributed by atoms with Gasteiger partial charge in [-0.1, -0.05) is 36.4 Å². The van der Waals surface area contributed by atoms with E-state index < -0.39 is 12.1 Å². The predicted molar refractivity (Wildman–Crippen MR) is 120 cm³/mol. The maximum absolute atomic E-state index is 12.7. The van der Waals surface area contributed by atoms with Gasteiger partial charge in [0.2, 0.25) is 5.91 Å². The van der Waals surface area contributed by atoms with E-state index in [1.54, 1.807) is 13.2 Å². The Hall–Kier alpha value is -3.81. The third-order valence-corrected chi connectivity index (χ3v) is 5.64. The molecule has 8 heteroatoms. The number of ether oxygens (including phenoxy) is 1. The van der Waals surface area contributed by atoms with Crippen LogP contribution in [0.1, 0.15) is 18.4 Å². The molecule has 0 bridgehead atoms. The molecule has 1 unspecified atom stereocenters. The summed E-state index contributed by atoms with van der Waals surface area (Å²) in [5.74, 6) is 0.144.